The maximum Gasteiger partial charge on any atom is 0.225 e. The smallest absolute Gasteiger partial charge is 0.225 e. The van der Waals surface area contributed by atoms with Gasteiger partial charge in [-0.05, 0) is 11.1 Å². The molecule has 1 saturated heterocycles. The van der Waals surface area contributed by atoms with Crippen LogP contribution in [0.15, 0.2) is 24.3 Å². The van der Waals surface area contributed by atoms with Crippen LogP contribution >= 0.6 is 0 Å². The molecule has 0 aromatic heterocycles. The Morgan fingerprint density at radius 2 is 2.10 bits per heavy atom. The highest BCUT2D eigenvalue weighted by Crippen LogP contribution is 2.31. The first-order valence-corrected chi connectivity index (χ1v) is 6.86. The van der Waals surface area contributed by atoms with Crippen LogP contribution in [0.2, 0.25) is 0 Å². The van der Waals surface area contributed by atoms with Gasteiger partial charge in [0.05, 0.1) is 18.1 Å². The van der Waals surface area contributed by atoms with E-state index < -0.39 is 6.10 Å². The highest BCUT2D eigenvalue weighted by atomic mass is 16.3. The molecule has 2 aliphatic rings. The van der Waals surface area contributed by atoms with Crippen molar-refractivity contribution in [3.8, 4) is 0 Å². The van der Waals surface area contributed by atoms with E-state index in [4.69, 9.17) is 0 Å². The van der Waals surface area contributed by atoms with Gasteiger partial charge in [-0.3, -0.25) is 9.59 Å². The SMILES string of the molecule is CN1CC(C(=O)N[C@H]2c3ccccc3C[C@H]2O)CC1=O. The Morgan fingerprint density at radius 3 is 2.80 bits per heavy atom. The second-order valence-electron chi connectivity index (χ2n) is 5.63. The third-order valence-corrected chi connectivity index (χ3v) is 4.21. The zero-order chi connectivity index (χ0) is 14.3. The number of aliphatic hydroxyl groups is 1. The van der Waals surface area contributed by atoms with Gasteiger partial charge in [-0.25, -0.2) is 0 Å². The largest absolute Gasteiger partial charge is 0.390 e. The number of fused-ring (bicyclic) bond motifs is 1. The molecule has 1 aromatic rings. The van der Waals surface area contributed by atoms with Crippen LogP contribution in [0.5, 0.6) is 0 Å². The summed E-state index contributed by atoms with van der Waals surface area (Å²) in [7, 11) is 1.70. The fraction of sp³-hybridized carbons (Fsp3) is 0.467. The molecule has 106 valence electrons. The van der Waals surface area contributed by atoms with Crippen molar-refractivity contribution in [2.24, 2.45) is 5.92 Å². The van der Waals surface area contributed by atoms with Gasteiger partial charge in [-0.15, -0.1) is 0 Å². The number of rotatable bonds is 2. The minimum atomic E-state index is -0.591. The van der Waals surface area contributed by atoms with Crippen LogP contribution in [0.1, 0.15) is 23.6 Å². The lowest BCUT2D eigenvalue weighted by atomic mass is 10.0. The van der Waals surface area contributed by atoms with Gasteiger partial charge in [0, 0.05) is 26.4 Å². The van der Waals surface area contributed by atoms with Gasteiger partial charge in [0.25, 0.3) is 0 Å². The van der Waals surface area contributed by atoms with Crippen LogP contribution < -0.4 is 5.32 Å². The Morgan fingerprint density at radius 1 is 1.35 bits per heavy atom. The molecular formula is C15H18N2O3. The summed E-state index contributed by atoms with van der Waals surface area (Å²) in [6.45, 7) is 0.454. The number of carbonyl (C=O) groups is 2. The molecule has 20 heavy (non-hydrogen) atoms. The summed E-state index contributed by atoms with van der Waals surface area (Å²) in [6.07, 6.45) is 0.225. The lowest BCUT2D eigenvalue weighted by Gasteiger charge is -2.20. The van der Waals surface area contributed by atoms with Crippen LogP contribution in [0.4, 0.5) is 0 Å². The highest BCUT2D eigenvalue weighted by Gasteiger charge is 2.37. The zero-order valence-corrected chi connectivity index (χ0v) is 11.4. The summed E-state index contributed by atoms with van der Waals surface area (Å²) in [5, 5.41) is 13.0. The van der Waals surface area contributed by atoms with E-state index in [9.17, 15) is 14.7 Å². The molecule has 2 amide bonds. The molecule has 3 rings (SSSR count). The molecule has 0 radical (unpaired) electrons. The van der Waals surface area contributed by atoms with Crippen LogP contribution in [-0.4, -0.2) is 41.5 Å². The van der Waals surface area contributed by atoms with E-state index in [1.807, 2.05) is 24.3 Å². The number of nitrogens with zero attached hydrogens (tertiary/aromatic N) is 1. The summed E-state index contributed by atoms with van der Waals surface area (Å²) in [5.74, 6) is -0.464. The van der Waals surface area contributed by atoms with Crippen LogP contribution in [0.3, 0.4) is 0 Å². The number of nitrogens with one attached hydrogen (secondary N) is 1. The fourth-order valence-electron chi connectivity index (χ4n) is 3.06. The fourth-order valence-corrected chi connectivity index (χ4v) is 3.06. The molecule has 3 atom stereocenters. The highest BCUT2D eigenvalue weighted by molar-refractivity contribution is 5.89. The average molecular weight is 274 g/mol. The summed E-state index contributed by atoms with van der Waals surface area (Å²) in [6, 6.07) is 7.38. The number of amides is 2. The minimum absolute atomic E-state index is 0.00230. The van der Waals surface area contributed by atoms with Gasteiger partial charge >= 0.3 is 0 Å². The number of benzene rings is 1. The molecular weight excluding hydrogens is 256 g/mol. The molecule has 0 bridgehead atoms. The first-order valence-electron chi connectivity index (χ1n) is 6.86. The van der Waals surface area contributed by atoms with Gasteiger partial charge in [-0.1, -0.05) is 24.3 Å². The quantitative estimate of drug-likeness (QED) is 0.811. The molecule has 2 N–H and O–H groups in total. The van der Waals surface area contributed by atoms with E-state index in [0.29, 0.717) is 13.0 Å². The van der Waals surface area contributed by atoms with E-state index in [1.165, 1.54) is 0 Å². The van der Waals surface area contributed by atoms with Crippen LogP contribution in [-0.2, 0) is 16.0 Å². The molecule has 0 saturated carbocycles. The zero-order valence-electron chi connectivity index (χ0n) is 11.4. The lowest BCUT2D eigenvalue weighted by Crippen LogP contribution is -2.38. The van der Waals surface area contributed by atoms with Crippen molar-refractivity contribution in [3.63, 3.8) is 0 Å². The predicted molar refractivity (Wildman–Crippen MR) is 72.8 cm³/mol. The molecule has 0 spiro atoms. The second-order valence-corrected chi connectivity index (χ2v) is 5.63. The third kappa shape index (κ3) is 2.18. The minimum Gasteiger partial charge on any atom is -0.390 e. The van der Waals surface area contributed by atoms with Crippen molar-refractivity contribution in [1.29, 1.82) is 0 Å². The van der Waals surface area contributed by atoms with Crippen molar-refractivity contribution in [2.75, 3.05) is 13.6 Å². The average Bonchev–Trinajstić information content (AvgIpc) is 2.91. The molecule has 1 heterocycles. The molecule has 5 heteroatoms. The maximum absolute atomic E-state index is 12.2. The summed E-state index contributed by atoms with van der Waals surface area (Å²) < 4.78 is 0. The van der Waals surface area contributed by atoms with Crippen molar-refractivity contribution >= 4 is 11.8 Å². The summed E-state index contributed by atoms with van der Waals surface area (Å²) in [4.78, 5) is 25.3. The van der Waals surface area contributed by atoms with E-state index in [2.05, 4.69) is 5.32 Å². The van der Waals surface area contributed by atoms with Crippen molar-refractivity contribution in [2.45, 2.75) is 25.0 Å². The van der Waals surface area contributed by atoms with Gasteiger partial charge in [0.2, 0.25) is 11.8 Å². The van der Waals surface area contributed by atoms with Gasteiger partial charge < -0.3 is 15.3 Å². The molecule has 1 aromatic carbocycles. The van der Waals surface area contributed by atoms with Crippen molar-refractivity contribution in [1.82, 2.24) is 10.2 Å². The van der Waals surface area contributed by atoms with Crippen molar-refractivity contribution < 1.29 is 14.7 Å². The summed E-state index contributed by atoms with van der Waals surface area (Å²) >= 11 is 0. The standard InChI is InChI=1S/C15H18N2O3/c1-17-8-10(7-13(17)19)15(20)16-14-11-5-3-2-4-9(11)6-12(14)18/h2-5,10,12,14,18H,6-8H2,1H3,(H,16,20)/t10?,12-,14+/m1/s1. The third-order valence-electron chi connectivity index (χ3n) is 4.21. The normalized spacial score (nSPS) is 28.6. The van der Waals surface area contributed by atoms with Gasteiger partial charge in [0.1, 0.15) is 0 Å². The van der Waals surface area contributed by atoms with E-state index in [0.717, 1.165) is 11.1 Å². The number of hydrogen-bond donors (Lipinski definition) is 2. The molecule has 1 fully saturated rings. The second kappa shape index (κ2) is 4.90. The van der Waals surface area contributed by atoms with Crippen molar-refractivity contribution in [3.05, 3.63) is 35.4 Å². The number of hydrogen-bond acceptors (Lipinski definition) is 3. The number of aliphatic hydroxyl groups excluding tert-OH is 1. The van der Waals surface area contributed by atoms with E-state index in [1.54, 1.807) is 11.9 Å². The van der Waals surface area contributed by atoms with Gasteiger partial charge in [-0.2, -0.15) is 0 Å². The Labute approximate surface area is 117 Å². The van der Waals surface area contributed by atoms with Crippen LogP contribution in [0, 0.1) is 5.92 Å². The Kier molecular flexibility index (Phi) is 3.22. The molecule has 1 unspecified atom stereocenters. The Hall–Kier alpha value is -1.88. The van der Waals surface area contributed by atoms with E-state index in [-0.39, 0.29) is 30.2 Å². The Bertz CT molecular complexity index is 558. The van der Waals surface area contributed by atoms with E-state index >= 15 is 0 Å². The monoisotopic (exact) mass is 274 g/mol. The topological polar surface area (TPSA) is 69.6 Å². The summed E-state index contributed by atoms with van der Waals surface area (Å²) in [5.41, 5.74) is 2.05. The number of likely N-dealkylation sites (tertiary alicyclic amines) is 1. The number of carbonyl (C=O) groups excluding carboxylic acids is 2. The molecule has 5 nitrogen and oxygen atoms in total. The lowest BCUT2D eigenvalue weighted by molar-refractivity contribution is -0.128. The predicted octanol–water partition coefficient (Wildman–Crippen LogP) is 0.239. The Balaban J connectivity index is 1.72. The molecule has 1 aliphatic carbocycles. The molecule has 1 aliphatic heterocycles. The van der Waals surface area contributed by atoms with Crippen LogP contribution in [0.25, 0.3) is 0 Å². The van der Waals surface area contributed by atoms with Gasteiger partial charge in [0.15, 0.2) is 0 Å². The first-order chi connectivity index (χ1) is 9.56. The first kappa shape index (κ1) is 13.1. The maximum atomic E-state index is 12.2.